The number of fused-ring (bicyclic) bond motifs is 1. The Labute approximate surface area is 177 Å². The Hall–Kier alpha value is -3.10. The van der Waals surface area contributed by atoms with Crippen LogP contribution in [0.1, 0.15) is 5.56 Å². The molecule has 4 heterocycles. The van der Waals surface area contributed by atoms with Crippen LogP contribution in [0.4, 0.5) is 10.2 Å². The number of pyridine rings is 1. The average molecular weight is 424 g/mol. The number of aromatic amines is 1. The van der Waals surface area contributed by atoms with E-state index in [1.54, 1.807) is 36.9 Å². The summed E-state index contributed by atoms with van der Waals surface area (Å²) in [6, 6.07) is 6.53. The van der Waals surface area contributed by atoms with E-state index >= 15 is 0 Å². The van der Waals surface area contributed by atoms with Crippen LogP contribution in [-0.2, 0) is 6.54 Å². The van der Waals surface area contributed by atoms with E-state index in [-0.39, 0.29) is 5.82 Å². The molecule has 1 N–H and O–H groups in total. The van der Waals surface area contributed by atoms with Crippen molar-refractivity contribution in [3.05, 3.63) is 65.5 Å². The second-order valence-electron chi connectivity index (χ2n) is 7.20. The Balaban J connectivity index is 1.39. The van der Waals surface area contributed by atoms with Gasteiger partial charge in [-0.2, -0.15) is 0 Å². The van der Waals surface area contributed by atoms with Gasteiger partial charge in [-0.15, -0.1) is 0 Å². The molecule has 7 nitrogen and oxygen atoms in total. The molecule has 0 radical (unpaired) electrons. The third kappa shape index (κ3) is 3.71. The van der Waals surface area contributed by atoms with Crippen molar-refractivity contribution in [1.29, 1.82) is 0 Å². The fraction of sp³-hybridized carbons (Fsp3) is 0.238. The van der Waals surface area contributed by atoms with Gasteiger partial charge in [-0.25, -0.2) is 19.3 Å². The highest BCUT2D eigenvalue weighted by Gasteiger charge is 2.24. The van der Waals surface area contributed by atoms with Crippen molar-refractivity contribution in [2.24, 2.45) is 0 Å². The summed E-state index contributed by atoms with van der Waals surface area (Å²) in [6.45, 7) is 3.57. The van der Waals surface area contributed by atoms with Crippen molar-refractivity contribution >= 4 is 28.5 Å². The maximum Gasteiger partial charge on any atom is 0.159 e. The first-order valence-electron chi connectivity index (χ1n) is 9.70. The van der Waals surface area contributed by atoms with E-state index in [9.17, 15) is 4.39 Å². The first-order valence-corrected chi connectivity index (χ1v) is 10.1. The van der Waals surface area contributed by atoms with E-state index in [1.807, 2.05) is 6.07 Å². The van der Waals surface area contributed by atoms with Gasteiger partial charge in [0.2, 0.25) is 0 Å². The lowest BCUT2D eigenvalue weighted by Crippen LogP contribution is -2.46. The summed E-state index contributed by atoms with van der Waals surface area (Å²) < 4.78 is 14.1. The van der Waals surface area contributed by atoms with Crippen LogP contribution in [0.15, 0.2) is 49.1 Å². The molecular weight excluding hydrogens is 405 g/mol. The highest BCUT2D eigenvalue weighted by Crippen LogP contribution is 2.28. The molecule has 152 valence electrons. The molecule has 1 aromatic carbocycles. The number of nitrogens with one attached hydrogen (secondary N) is 1. The van der Waals surface area contributed by atoms with Gasteiger partial charge >= 0.3 is 0 Å². The minimum absolute atomic E-state index is 0.227. The number of piperazine rings is 1. The summed E-state index contributed by atoms with van der Waals surface area (Å²) in [5.74, 6) is 1.23. The van der Waals surface area contributed by atoms with E-state index in [2.05, 4.69) is 24.8 Å². The molecule has 4 aromatic rings. The highest BCUT2D eigenvalue weighted by atomic mass is 35.5. The summed E-state index contributed by atoms with van der Waals surface area (Å²) in [4.78, 5) is 25.7. The Kier molecular flexibility index (Phi) is 5.02. The van der Waals surface area contributed by atoms with Crippen LogP contribution in [0.25, 0.3) is 22.6 Å². The SMILES string of the molecule is Fc1ccc(Cl)cc1CN1CCN(c2nc3cnccc3nc2-c2ncc[nH]2)CC1. The molecular formula is C21H19ClFN7. The zero-order chi connectivity index (χ0) is 20.5. The van der Waals surface area contributed by atoms with Gasteiger partial charge in [0.05, 0.1) is 11.7 Å². The fourth-order valence-corrected chi connectivity index (χ4v) is 3.89. The van der Waals surface area contributed by atoms with Crippen LogP contribution >= 0.6 is 11.6 Å². The molecule has 9 heteroatoms. The van der Waals surface area contributed by atoms with Gasteiger partial charge in [-0.3, -0.25) is 9.88 Å². The largest absolute Gasteiger partial charge is 0.352 e. The Bertz CT molecular complexity index is 1170. The van der Waals surface area contributed by atoms with Crippen molar-refractivity contribution in [3.8, 4) is 11.5 Å². The summed E-state index contributed by atoms with van der Waals surface area (Å²) in [7, 11) is 0. The second kappa shape index (κ2) is 7.97. The molecule has 0 atom stereocenters. The van der Waals surface area contributed by atoms with Gasteiger partial charge in [-0.1, -0.05) is 11.6 Å². The third-order valence-electron chi connectivity index (χ3n) is 5.24. The van der Waals surface area contributed by atoms with Crippen molar-refractivity contribution in [3.63, 3.8) is 0 Å². The number of hydrogen-bond acceptors (Lipinski definition) is 6. The average Bonchev–Trinajstić information content (AvgIpc) is 3.31. The number of H-pyrrole nitrogens is 1. The van der Waals surface area contributed by atoms with E-state index in [1.165, 1.54) is 6.07 Å². The van der Waals surface area contributed by atoms with Crippen LogP contribution in [-0.4, -0.2) is 56.0 Å². The van der Waals surface area contributed by atoms with Crippen molar-refractivity contribution < 1.29 is 4.39 Å². The first kappa shape index (κ1) is 18.9. The summed E-state index contributed by atoms with van der Waals surface area (Å²) in [6.07, 6.45) is 6.90. The van der Waals surface area contributed by atoms with E-state index in [0.29, 0.717) is 28.6 Å². The number of aromatic nitrogens is 5. The Morgan fingerprint density at radius 2 is 1.90 bits per heavy atom. The smallest absolute Gasteiger partial charge is 0.159 e. The highest BCUT2D eigenvalue weighted by molar-refractivity contribution is 6.30. The Morgan fingerprint density at radius 3 is 2.70 bits per heavy atom. The molecule has 30 heavy (non-hydrogen) atoms. The third-order valence-corrected chi connectivity index (χ3v) is 5.48. The number of hydrogen-bond donors (Lipinski definition) is 1. The van der Waals surface area contributed by atoms with Crippen LogP contribution in [0.2, 0.25) is 5.02 Å². The first-order chi connectivity index (χ1) is 14.7. The molecule has 1 aliphatic heterocycles. The monoisotopic (exact) mass is 423 g/mol. The zero-order valence-electron chi connectivity index (χ0n) is 16.1. The molecule has 0 aliphatic carbocycles. The molecule has 1 fully saturated rings. The van der Waals surface area contributed by atoms with Crippen molar-refractivity contribution in [2.45, 2.75) is 6.54 Å². The van der Waals surface area contributed by atoms with Crippen molar-refractivity contribution in [1.82, 2.24) is 29.8 Å². The molecule has 5 rings (SSSR count). The minimum atomic E-state index is -0.227. The van der Waals surface area contributed by atoms with Crippen LogP contribution in [0, 0.1) is 5.82 Å². The molecule has 3 aromatic heterocycles. The molecule has 0 bridgehead atoms. The van der Waals surface area contributed by atoms with Crippen molar-refractivity contribution in [2.75, 3.05) is 31.1 Å². The van der Waals surface area contributed by atoms with Crippen LogP contribution in [0.3, 0.4) is 0 Å². The molecule has 0 amide bonds. The van der Waals surface area contributed by atoms with Crippen LogP contribution in [0.5, 0.6) is 0 Å². The standard InChI is InChI=1S/C21H19ClFN7/c22-15-1-2-16(23)14(11-15)13-29-7-9-30(10-8-29)21-19(20-25-5-6-26-20)27-17-3-4-24-12-18(17)28-21/h1-6,11-12H,7-10,13H2,(H,25,26). The minimum Gasteiger partial charge on any atom is -0.352 e. The Morgan fingerprint density at radius 1 is 1.03 bits per heavy atom. The van der Waals surface area contributed by atoms with Gasteiger partial charge in [0.1, 0.15) is 17.0 Å². The van der Waals surface area contributed by atoms with E-state index in [0.717, 1.165) is 43.0 Å². The molecule has 0 spiro atoms. The fourth-order valence-electron chi connectivity index (χ4n) is 3.69. The molecule has 1 aliphatic rings. The summed E-state index contributed by atoms with van der Waals surface area (Å²) >= 11 is 6.03. The number of nitrogens with zero attached hydrogens (tertiary/aromatic N) is 6. The molecule has 1 saturated heterocycles. The number of imidazole rings is 1. The lowest BCUT2D eigenvalue weighted by molar-refractivity contribution is 0.246. The van der Waals surface area contributed by atoms with E-state index in [4.69, 9.17) is 21.6 Å². The van der Waals surface area contributed by atoms with Gasteiger partial charge < -0.3 is 9.88 Å². The van der Waals surface area contributed by atoms with Crippen LogP contribution < -0.4 is 4.90 Å². The topological polar surface area (TPSA) is 73.8 Å². The number of benzene rings is 1. The van der Waals surface area contributed by atoms with E-state index < -0.39 is 0 Å². The zero-order valence-corrected chi connectivity index (χ0v) is 16.8. The molecule has 0 saturated carbocycles. The van der Waals surface area contributed by atoms with Gasteiger partial charge in [-0.05, 0) is 24.3 Å². The predicted molar refractivity (Wildman–Crippen MR) is 114 cm³/mol. The number of halogens is 2. The maximum atomic E-state index is 14.1. The van der Waals surface area contributed by atoms with Gasteiger partial charge in [0.25, 0.3) is 0 Å². The second-order valence-corrected chi connectivity index (χ2v) is 7.63. The maximum absolute atomic E-state index is 14.1. The molecule has 0 unspecified atom stereocenters. The quantitative estimate of drug-likeness (QED) is 0.541. The normalized spacial score (nSPS) is 15.1. The van der Waals surface area contributed by atoms with Gasteiger partial charge in [0, 0.05) is 61.9 Å². The summed E-state index contributed by atoms with van der Waals surface area (Å²) in [5.41, 5.74) is 2.85. The lowest BCUT2D eigenvalue weighted by atomic mass is 10.2. The predicted octanol–water partition coefficient (Wildman–Crippen LogP) is 3.53. The summed E-state index contributed by atoms with van der Waals surface area (Å²) in [5, 5.41) is 0.549. The number of anilines is 1. The van der Waals surface area contributed by atoms with Gasteiger partial charge in [0.15, 0.2) is 11.6 Å². The lowest BCUT2D eigenvalue weighted by Gasteiger charge is -2.36. The number of rotatable bonds is 4.